The zero-order valence-electron chi connectivity index (χ0n) is 9.09. The molecule has 0 spiro atoms. The summed E-state index contributed by atoms with van der Waals surface area (Å²) in [7, 11) is 0. The van der Waals surface area contributed by atoms with Crippen LogP contribution in [0.3, 0.4) is 0 Å². The van der Waals surface area contributed by atoms with Crippen molar-refractivity contribution in [3.63, 3.8) is 0 Å². The SMILES string of the molecule is [CH2-]CN(C[CH2-])c1ccc(C(=O)CO)cn1.[Y]. The topological polar surface area (TPSA) is 53.4 Å². The third-order valence-corrected chi connectivity index (χ3v) is 2.08. The Morgan fingerprint density at radius 3 is 2.38 bits per heavy atom. The number of nitrogens with zero attached hydrogens (tertiary/aromatic N) is 2. The average Bonchev–Trinajstić information content (AvgIpc) is 2.30. The van der Waals surface area contributed by atoms with Crippen molar-refractivity contribution in [1.29, 1.82) is 0 Å². The maximum absolute atomic E-state index is 11.1. The predicted molar refractivity (Wildman–Crippen MR) is 58.6 cm³/mol. The van der Waals surface area contributed by atoms with E-state index in [1.54, 1.807) is 12.1 Å². The summed E-state index contributed by atoms with van der Waals surface area (Å²) in [5.74, 6) is 0.402. The van der Waals surface area contributed by atoms with E-state index in [1.807, 2.05) is 4.90 Å². The van der Waals surface area contributed by atoms with Gasteiger partial charge in [-0.1, -0.05) is 0 Å². The third kappa shape index (κ3) is 3.92. The van der Waals surface area contributed by atoms with Gasteiger partial charge in [0.05, 0.1) is 0 Å². The van der Waals surface area contributed by atoms with Gasteiger partial charge in [-0.3, -0.25) is 4.79 Å². The Morgan fingerprint density at radius 2 is 2.00 bits per heavy atom. The molecule has 0 saturated carbocycles. The fourth-order valence-corrected chi connectivity index (χ4v) is 1.17. The molecule has 0 aliphatic rings. The number of pyridine rings is 1. The third-order valence-electron chi connectivity index (χ3n) is 2.08. The van der Waals surface area contributed by atoms with E-state index in [9.17, 15) is 4.79 Å². The van der Waals surface area contributed by atoms with Gasteiger partial charge in [-0.15, -0.1) is 13.1 Å². The average molecular weight is 295 g/mol. The molecule has 0 aliphatic heterocycles. The largest absolute Gasteiger partial charge is 0.417 e. The molecule has 0 atom stereocenters. The zero-order chi connectivity index (χ0) is 11.3. The van der Waals surface area contributed by atoms with Crippen LogP contribution in [0.25, 0.3) is 0 Å². The molecule has 0 unspecified atom stereocenters. The van der Waals surface area contributed by atoms with Crippen LogP contribution in [0.5, 0.6) is 0 Å². The van der Waals surface area contributed by atoms with Crippen LogP contribution < -0.4 is 4.90 Å². The van der Waals surface area contributed by atoms with Gasteiger partial charge in [0.2, 0.25) is 0 Å². The molecule has 0 aliphatic carbocycles. The summed E-state index contributed by atoms with van der Waals surface area (Å²) in [6.07, 6.45) is 1.45. The van der Waals surface area contributed by atoms with Crippen molar-refractivity contribution in [2.24, 2.45) is 0 Å². The van der Waals surface area contributed by atoms with Crippen LogP contribution >= 0.6 is 0 Å². The van der Waals surface area contributed by atoms with Gasteiger partial charge < -0.3 is 23.9 Å². The summed E-state index contributed by atoms with van der Waals surface area (Å²) >= 11 is 0. The van der Waals surface area contributed by atoms with Crippen LogP contribution in [0.15, 0.2) is 18.3 Å². The molecule has 0 bridgehead atoms. The smallest absolute Gasteiger partial charge is 0.189 e. The molecule has 1 radical (unpaired) electrons. The summed E-state index contributed by atoms with van der Waals surface area (Å²) in [5.41, 5.74) is 0.411. The van der Waals surface area contributed by atoms with Gasteiger partial charge in [0.25, 0.3) is 0 Å². The van der Waals surface area contributed by atoms with Crippen LogP contribution in [-0.4, -0.2) is 35.6 Å². The van der Waals surface area contributed by atoms with E-state index in [-0.39, 0.29) is 38.5 Å². The summed E-state index contributed by atoms with van der Waals surface area (Å²) in [4.78, 5) is 17.1. The number of aliphatic hydroxyl groups is 1. The number of carbonyl (C=O) groups is 1. The van der Waals surface area contributed by atoms with Crippen molar-refractivity contribution in [3.8, 4) is 0 Å². The van der Waals surface area contributed by atoms with E-state index in [0.717, 1.165) is 5.82 Å². The molecular formula is C11H14N2O2Y-2. The van der Waals surface area contributed by atoms with Gasteiger partial charge in [0, 0.05) is 44.5 Å². The molecule has 0 saturated heterocycles. The van der Waals surface area contributed by atoms with E-state index in [2.05, 4.69) is 18.8 Å². The zero-order valence-corrected chi connectivity index (χ0v) is 11.9. The van der Waals surface area contributed by atoms with E-state index in [1.165, 1.54) is 6.20 Å². The molecule has 1 aromatic heterocycles. The minimum atomic E-state index is -0.491. The molecule has 0 amide bonds. The van der Waals surface area contributed by atoms with Crippen molar-refractivity contribution >= 4 is 11.6 Å². The molecule has 16 heavy (non-hydrogen) atoms. The van der Waals surface area contributed by atoms with Crippen molar-refractivity contribution in [3.05, 3.63) is 37.7 Å². The minimum Gasteiger partial charge on any atom is -0.417 e. The summed E-state index contributed by atoms with van der Waals surface area (Å²) in [6.45, 7) is 8.15. The molecule has 1 heterocycles. The van der Waals surface area contributed by atoms with E-state index < -0.39 is 6.61 Å². The number of hydrogen-bond donors (Lipinski definition) is 1. The number of rotatable bonds is 5. The predicted octanol–water partition coefficient (Wildman–Crippen LogP) is 0.729. The molecule has 1 rings (SSSR count). The number of carbonyl (C=O) groups excluding carboxylic acids is 1. The second-order valence-corrected chi connectivity index (χ2v) is 2.97. The molecule has 1 aromatic rings. The summed E-state index contributed by atoms with van der Waals surface area (Å²) in [5, 5.41) is 8.65. The van der Waals surface area contributed by atoms with E-state index >= 15 is 0 Å². The molecule has 0 fully saturated rings. The van der Waals surface area contributed by atoms with Gasteiger partial charge in [-0.05, 0) is 12.1 Å². The molecule has 1 N–H and O–H groups in total. The second-order valence-electron chi connectivity index (χ2n) is 2.97. The minimum absolute atomic E-state index is 0. The van der Waals surface area contributed by atoms with Gasteiger partial charge in [-0.2, -0.15) is 0 Å². The quantitative estimate of drug-likeness (QED) is 0.643. The standard InChI is InChI=1S/C11H14N2O2.Y/c1-3-13(4-2)11-6-5-9(7-12-11)10(15)8-14;/h5-7,14H,1-4,8H2;/q-2;. The molecule has 0 aromatic carbocycles. The van der Waals surface area contributed by atoms with Gasteiger partial charge in [0.15, 0.2) is 5.78 Å². The number of aliphatic hydroxyl groups excluding tert-OH is 1. The molecule has 85 valence electrons. The Labute approximate surface area is 121 Å². The molecule has 4 nitrogen and oxygen atoms in total. The summed E-state index contributed by atoms with van der Waals surface area (Å²) in [6, 6.07) is 3.36. The number of Topliss-reactive ketones (excluding diaryl/α,β-unsaturated/α-hetero) is 1. The number of anilines is 1. The normalized spacial score (nSPS) is 9.44. The number of hydrogen-bond acceptors (Lipinski definition) is 4. The Kier molecular flexibility index (Phi) is 7.72. The van der Waals surface area contributed by atoms with Crippen molar-refractivity contribution in [1.82, 2.24) is 4.98 Å². The van der Waals surface area contributed by atoms with Crippen molar-refractivity contribution < 1.29 is 42.6 Å². The Hall–Kier alpha value is -0.316. The Balaban J connectivity index is 0.00000225. The first-order chi connectivity index (χ1) is 7.22. The number of aromatic nitrogens is 1. The fourth-order valence-electron chi connectivity index (χ4n) is 1.17. The van der Waals surface area contributed by atoms with Crippen LogP contribution in [0.2, 0.25) is 0 Å². The second kappa shape index (κ2) is 7.88. The van der Waals surface area contributed by atoms with Gasteiger partial charge >= 0.3 is 0 Å². The first-order valence-corrected chi connectivity index (χ1v) is 4.66. The monoisotopic (exact) mass is 295 g/mol. The molecule has 5 heteroatoms. The van der Waals surface area contributed by atoms with Crippen LogP contribution in [0, 0.1) is 13.8 Å². The maximum Gasteiger partial charge on any atom is 0.189 e. The van der Waals surface area contributed by atoms with E-state index in [0.29, 0.717) is 18.7 Å². The van der Waals surface area contributed by atoms with Crippen molar-refractivity contribution in [2.75, 3.05) is 24.6 Å². The fraction of sp³-hybridized carbons (Fsp3) is 0.273. The van der Waals surface area contributed by atoms with Crippen LogP contribution in [-0.2, 0) is 32.7 Å². The Morgan fingerprint density at radius 1 is 1.38 bits per heavy atom. The van der Waals surface area contributed by atoms with Crippen LogP contribution in [0.4, 0.5) is 5.82 Å². The van der Waals surface area contributed by atoms with Crippen LogP contribution in [0.1, 0.15) is 10.4 Å². The van der Waals surface area contributed by atoms with E-state index in [4.69, 9.17) is 5.11 Å². The first kappa shape index (κ1) is 15.7. The molecular weight excluding hydrogens is 281 g/mol. The van der Waals surface area contributed by atoms with Crippen molar-refractivity contribution in [2.45, 2.75) is 0 Å². The summed E-state index contributed by atoms with van der Waals surface area (Å²) < 4.78 is 0. The number of ketones is 1. The Bertz CT molecular complexity index is 323. The van der Waals surface area contributed by atoms with Gasteiger partial charge in [-0.25, -0.2) is 4.98 Å². The maximum atomic E-state index is 11.1. The van der Waals surface area contributed by atoms with Gasteiger partial charge in [0.1, 0.15) is 12.4 Å². The first-order valence-electron chi connectivity index (χ1n) is 4.66.